The van der Waals surface area contributed by atoms with E-state index in [-0.39, 0.29) is 27.4 Å². The molecule has 0 spiro atoms. The minimum Gasteiger partial charge on any atom is -0.490 e. The highest BCUT2D eigenvalue weighted by Gasteiger charge is 2.36. The van der Waals surface area contributed by atoms with Crippen molar-refractivity contribution in [2.75, 3.05) is 23.4 Å². The standard InChI is InChI=1S/C29H25F3N2O4S2/c1-4-37-24-13-19(9-11-23(24)38-16-26(35)33-21-10-8-17(2)18(3)12-21)14-25-27(36)34(28(39)40-25)22-7-5-6-20(15-22)29(30,31)32/h5-15H,4,16H2,1-3H3,(H,33,35)/b25-14-. The molecule has 0 radical (unpaired) electrons. The number of thioether (sulfide) groups is 1. The molecule has 0 atom stereocenters. The van der Waals surface area contributed by atoms with Crippen LogP contribution in [0.3, 0.4) is 0 Å². The van der Waals surface area contributed by atoms with E-state index in [0.29, 0.717) is 29.4 Å². The number of alkyl halides is 3. The van der Waals surface area contributed by atoms with E-state index in [9.17, 15) is 22.8 Å². The third kappa shape index (κ3) is 6.83. The number of hydrogen-bond acceptors (Lipinski definition) is 6. The fourth-order valence-corrected chi connectivity index (χ4v) is 5.12. The van der Waals surface area contributed by atoms with Crippen molar-refractivity contribution in [3.05, 3.63) is 87.8 Å². The first-order valence-electron chi connectivity index (χ1n) is 12.2. The monoisotopic (exact) mass is 586 g/mol. The van der Waals surface area contributed by atoms with E-state index in [1.165, 1.54) is 12.1 Å². The Balaban J connectivity index is 1.49. The second kappa shape index (κ2) is 12.1. The van der Waals surface area contributed by atoms with Crippen molar-refractivity contribution in [3.63, 3.8) is 0 Å². The second-order valence-corrected chi connectivity index (χ2v) is 10.5. The summed E-state index contributed by atoms with van der Waals surface area (Å²) in [6.07, 6.45) is -2.97. The molecule has 2 amide bonds. The molecule has 1 fully saturated rings. The van der Waals surface area contributed by atoms with E-state index in [2.05, 4.69) is 5.32 Å². The summed E-state index contributed by atoms with van der Waals surface area (Å²) in [7, 11) is 0. The number of nitrogens with zero attached hydrogens (tertiary/aromatic N) is 1. The van der Waals surface area contributed by atoms with Crippen molar-refractivity contribution in [2.45, 2.75) is 26.9 Å². The summed E-state index contributed by atoms with van der Waals surface area (Å²) in [6.45, 7) is 5.82. The average Bonchev–Trinajstić information content (AvgIpc) is 3.17. The number of aryl methyl sites for hydroxylation is 2. The second-order valence-electron chi connectivity index (χ2n) is 8.84. The van der Waals surface area contributed by atoms with Gasteiger partial charge < -0.3 is 14.8 Å². The van der Waals surface area contributed by atoms with E-state index >= 15 is 0 Å². The minimum atomic E-state index is -4.55. The lowest BCUT2D eigenvalue weighted by Crippen LogP contribution is -2.27. The molecule has 1 saturated heterocycles. The number of ether oxygens (including phenoxy) is 2. The van der Waals surface area contributed by atoms with Gasteiger partial charge in [-0.05, 0) is 86.0 Å². The van der Waals surface area contributed by atoms with Gasteiger partial charge in [-0.25, -0.2) is 0 Å². The SMILES string of the molecule is CCOc1cc(/C=C2\SC(=S)N(c3cccc(C(F)(F)F)c3)C2=O)ccc1OCC(=O)Nc1ccc(C)c(C)c1. The van der Waals surface area contributed by atoms with Gasteiger partial charge >= 0.3 is 6.18 Å². The topological polar surface area (TPSA) is 67.9 Å². The normalized spacial score (nSPS) is 14.6. The van der Waals surface area contributed by atoms with Crippen LogP contribution in [0.1, 0.15) is 29.2 Å². The van der Waals surface area contributed by atoms with Crippen molar-refractivity contribution < 1.29 is 32.2 Å². The van der Waals surface area contributed by atoms with Gasteiger partial charge in [-0.15, -0.1) is 0 Å². The molecule has 1 aliphatic heterocycles. The van der Waals surface area contributed by atoms with E-state index in [0.717, 1.165) is 39.9 Å². The highest BCUT2D eigenvalue weighted by atomic mass is 32.2. The first kappa shape index (κ1) is 29.2. The lowest BCUT2D eigenvalue weighted by molar-refractivity contribution is -0.137. The van der Waals surface area contributed by atoms with Gasteiger partial charge in [-0.3, -0.25) is 14.5 Å². The van der Waals surface area contributed by atoms with Gasteiger partial charge in [0.15, 0.2) is 22.4 Å². The summed E-state index contributed by atoms with van der Waals surface area (Å²) in [4.78, 5) is 26.8. The third-order valence-corrected chi connectivity index (χ3v) is 7.24. The largest absolute Gasteiger partial charge is 0.490 e. The number of hydrogen-bond donors (Lipinski definition) is 1. The smallest absolute Gasteiger partial charge is 0.416 e. The van der Waals surface area contributed by atoms with Crippen LogP contribution in [0.15, 0.2) is 65.6 Å². The summed E-state index contributed by atoms with van der Waals surface area (Å²) in [6, 6.07) is 15.0. The summed E-state index contributed by atoms with van der Waals surface area (Å²) in [5.41, 5.74) is 2.59. The fourth-order valence-electron chi connectivity index (χ4n) is 3.82. The molecule has 208 valence electrons. The number of benzene rings is 3. The molecule has 1 N–H and O–H groups in total. The zero-order chi connectivity index (χ0) is 29.0. The molecule has 1 heterocycles. The Morgan fingerprint density at radius 3 is 2.50 bits per heavy atom. The molecule has 0 saturated carbocycles. The molecule has 11 heteroatoms. The first-order valence-corrected chi connectivity index (χ1v) is 13.4. The van der Waals surface area contributed by atoms with Crippen LogP contribution >= 0.6 is 24.0 Å². The summed E-state index contributed by atoms with van der Waals surface area (Å²) in [5, 5.41) is 2.80. The molecule has 3 aromatic carbocycles. The Hall–Kier alpha value is -3.83. The fraction of sp³-hybridized carbons (Fsp3) is 0.207. The quantitative estimate of drug-likeness (QED) is 0.224. The van der Waals surface area contributed by atoms with Crippen LogP contribution in [0.5, 0.6) is 11.5 Å². The van der Waals surface area contributed by atoms with Gasteiger partial charge in [0.25, 0.3) is 11.8 Å². The van der Waals surface area contributed by atoms with Gasteiger partial charge in [0.2, 0.25) is 0 Å². The Morgan fingerprint density at radius 1 is 1.02 bits per heavy atom. The molecule has 3 aromatic rings. The predicted molar refractivity (Wildman–Crippen MR) is 155 cm³/mol. The Bertz CT molecular complexity index is 1500. The number of anilines is 2. The van der Waals surface area contributed by atoms with Crippen LogP contribution in [-0.2, 0) is 15.8 Å². The van der Waals surface area contributed by atoms with Crippen LogP contribution in [0.25, 0.3) is 6.08 Å². The molecule has 6 nitrogen and oxygen atoms in total. The number of nitrogens with one attached hydrogen (secondary N) is 1. The van der Waals surface area contributed by atoms with Crippen LogP contribution in [0, 0.1) is 13.8 Å². The summed E-state index contributed by atoms with van der Waals surface area (Å²) < 4.78 is 51.0. The highest BCUT2D eigenvalue weighted by Crippen LogP contribution is 2.39. The maximum Gasteiger partial charge on any atom is 0.416 e. The average molecular weight is 587 g/mol. The van der Waals surface area contributed by atoms with Crippen LogP contribution < -0.4 is 19.7 Å². The van der Waals surface area contributed by atoms with Crippen molar-refractivity contribution in [1.29, 1.82) is 0 Å². The molecule has 0 bridgehead atoms. The molecule has 0 unspecified atom stereocenters. The van der Waals surface area contributed by atoms with Gasteiger partial charge in [0.1, 0.15) is 0 Å². The molecule has 4 rings (SSSR count). The van der Waals surface area contributed by atoms with Crippen LogP contribution in [0.2, 0.25) is 0 Å². The third-order valence-electron chi connectivity index (χ3n) is 5.94. The molecule has 1 aliphatic rings. The molecule has 40 heavy (non-hydrogen) atoms. The van der Waals surface area contributed by atoms with Gasteiger partial charge in [-0.2, -0.15) is 13.2 Å². The first-order chi connectivity index (χ1) is 19.0. The zero-order valence-corrected chi connectivity index (χ0v) is 23.4. The number of halogens is 3. The van der Waals surface area contributed by atoms with E-state index in [4.69, 9.17) is 21.7 Å². The number of rotatable bonds is 8. The summed E-state index contributed by atoms with van der Waals surface area (Å²) in [5.74, 6) is -0.169. The van der Waals surface area contributed by atoms with Gasteiger partial charge in [0.05, 0.1) is 22.8 Å². The van der Waals surface area contributed by atoms with Crippen molar-refractivity contribution >= 4 is 57.6 Å². The molecule has 0 aromatic heterocycles. The lowest BCUT2D eigenvalue weighted by Gasteiger charge is -2.16. The molecular weight excluding hydrogens is 561 g/mol. The van der Waals surface area contributed by atoms with Crippen LogP contribution in [-0.4, -0.2) is 29.3 Å². The van der Waals surface area contributed by atoms with E-state index in [1.807, 2.05) is 32.0 Å². The number of carbonyl (C=O) groups excluding carboxylic acids is 2. The van der Waals surface area contributed by atoms with Crippen molar-refractivity contribution in [3.8, 4) is 11.5 Å². The lowest BCUT2D eigenvalue weighted by atomic mass is 10.1. The Kier molecular flexibility index (Phi) is 8.85. The van der Waals surface area contributed by atoms with Crippen molar-refractivity contribution in [1.82, 2.24) is 0 Å². The van der Waals surface area contributed by atoms with Crippen LogP contribution in [0.4, 0.5) is 24.5 Å². The predicted octanol–water partition coefficient (Wildman–Crippen LogP) is 7.14. The maximum absolute atomic E-state index is 13.2. The Morgan fingerprint density at radius 2 is 1.80 bits per heavy atom. The van der Waals surface area contributed by atoms with Crippen molar-refractivity contribution in [2.24, 2.45) is 0 Å². The van der Waals surface area contributed by atoms with Gasteiger partial charge in [-0.1, -0.05) is 42.2 Å². The van der Waals surface area contributed by atoms with E-state index < -0.39 is 17.6 Å². The van der Waals surface area contributed by atoms with E-state index in [1.54, 1.807) is 31.2 Å². The Labute approximate surface area is 239 Å². The zero-order valence-electron chi connectivity index (χ0n) is 21.8. The molecular formula is C29H25F3N2O4S2. The van der Waals surface area contributed by atoms with Gasteiger partial charge in [0, 0.05) is 5.69 Å². The number of amides is 2. The maximum atomic E-state index is 13.2. The number of carbonyl (C=O) groups is 2. The molecule has 0 aliphatic carbocycles. The highest BCUT2D eigenvalue weighted by molar-refractivity contribution is 8.27. The number of thiocarbonyl (C=S) groups is 1. The minimum absolute atomic E-state index is 0.0403. The summed E-state index contributed by atoms with van der Waals surface area (Å²) >= 11 is 6.29.